The van der Waals surface area contributed by atoms with E-state index in [4.69, 9.17) is 0 Å². The molecule has 1 fully saturated rings. The minimum Gasteiger partial charge on any atom is -0.355 e. The van der Waals surface area contributed by atoms with Crippen molar-refractivity contribution >= 4 is 11.7 Å². The Morgan fingerprint density at radius 1 is 1.18 bits per heavy atom. The number of aryl methyl sites for hydroxylation is 1. The minimum atomic E-state index is -0.114. The molecule has 4 rings (SSSR count). The molecule has 1 aliphatic rings. The average Bonchev–Trinajstić information content (AvgIpc) is 3.37. The van der Waals surface area contributed by atoms with Crippen molar-refractivity contribution in [3.63, 3.8) is 0 Å². The Morgan fingerprint density at radius 3 is 2.71 bits per heavy atom. The summed E-state index contributed by atoms with van der Waals surface area (Å²) in [6.07, 6.45) is 7.56. The van der Waals surface area contributed by atoms with Gasteiger partial charge in [-0.05, 0) is 31.9 Å². The van der Waals surface area contributed by atoms with Gasteiger partial charge in [0.2, 0.25) is 0 Å². The molecule has 0 bridgehead atoms. The van der Waals surface area contributed by atoms with Crippen LogP contribution in [-0.4, -0.2) is 38.7 Å². The first-order valence-electron chi connectivity index (χ1n) is 9.55. The number of hydrogen-bond acceptors (Lipinski definition) is 5. The summed E-state index contributed by atoms with van der Waals surface area (Å²) in [5.41, 5.74) is 4.39. The number of hydrogen-bond donors (Lipinski definition) is 1. The normalized spacial score (nSPS) is 13.7. The fraction of sp³-hybridized carbons (Fsp3) is 0.333. The summed E-state index contributed by atoms with van der Waals surface area (Å²) in [4.78, 5) is 24.0. The fourth-order valence-corrected chi connectivity index (χ4v) is 3.50. The molecule has 0 spiro atoms. The molecule has 1 saturated heterocycles. The molecule has 1 aliphatic heterocycles. The topological polar surface area (TPSA) is 75.9 Å². The maximum atomic E-state index is 12.7. The maximum Gasteiger partial charge on any atom is 0.251 e. The van der Waals surface area contributed by atoms with Gasteiger partial charge in [0.05, 0.1) is 6.20 Å². The van der Waals surface area contributed by atoms with Crippen LogP contribution in [0.5, 0.6) is 0 Å². The highest BCUT2D eigenvalue weighted by molar-refractivity contribution is 5.95. The van der Waals surface area contributed by atoms with E-state index < -0.39 is 0 Å². The predicted molar refractivity (Wildman–Crippen MR) is 108 cm³/mol. The van der Waals surface area contributed by atoms with Crippen LogP contribution >= 0.6 is 0 Å². The first-order chi connectivity index (χ1) is 13.6. The zero-order valence-corrected chi connectivity index (χ0v) is 16.2. The van der Waals surface area contributed by atoms with E-state index in [1.54, 1.807) is 23.3 Å². The van der Waals surface area contributed by atoms with Crippen LogP contribution in [0.4, 0.5) is 5.82 Å². The average molecular weight is 376 g/mol. The van der Waals surface area contributed by atoms with Gasteiger partial charge in [-0.15, -0.1) is 0 Å². The Morgan fingerprint density at radius 2 is 1.96 bits per heavy atom. The standard InChI is InChI=1S/C21H24N6O/c1-15-18(14-25-26(15)2)13-24-21(28)17-7-5-6-16(12-17)19-20(23-9-8-22-19)27-10-3-4-11-27/h5-9,12,14H,3-4,10-11,13H2,1-2H3,(H,24,28). The van der Waals surface area contributed by atoms with Gasteiger partial charge in [0.25, 0.3) is 5.91 Å². The van der Waals surface area contributed by atoms with Gasteiger partial charge in [0, 0.05) is 61.5 Å². The maximum absolute atomic E-state index is 12.7. The number of nitrogens with zero attached hydrogens (tertiary/aromatic N) is 5. The first kappa shape index (κ1) is 18.2. The van der Waals surface area contributed by atoms with Gasteiger partial charge in [0.1, 0.15) is 5.69 Å². The Hall–Kier alpha value is -3.22. The highest BCUT2D eigenvalue weighted by Gasteiger charge is 2.19. The summed E-state index contributed by atoms with van der Waals surface area (Å²) >= 11 is 0. The smallest absolute Gasteiger partial charge is 0.251 e. The summed E-state index contributed by atoms with van der Waals surface area (Å²) in [5, 5.41) is 7.19. The second kappa shape index (κ2) is 7.80. The highest BCUT2D eigenvalue weighted by Crippen LogP contribution is 2.29. The fourth-order valence-electron chi connectivity index (χ4n) is 3.50. The molecule has 1 aromatic carbocycles. The van der Waals surface area contributed by atoms with E-state index in [9.17, 15) is 4.79 Å². The van der Waals surface area contributed by atoms with E-state index in [2.05, 4.69) is 25.3 Å². The number of carbonyl (C=O) groups excluding carboxylic acids is 1. The molecule has 7 heteroatoms. The molecule has 0 atom stereocenters. The summed E-state index contributed by atoms with van der Waals surface area (Å²) in [6.45, 7) is 4.43. The van der Waals surface area contributed by atoms with Gasteiger partial charge in [-0.3, -0.25) is 14.5 Å². The molecule has 3 heterocycles. The summed E-state index contributed by atoms with van der Waals surface area (Å²) in [6, 6.07) is 7.57. The van der Waals surface area contributed by atoms with Crippen molar-refractivity contribution in [3.05, 3.63) is 59.7 Å². The van der Waals surface area contributed by atoms with Crippen LogP contribution < -0.4 is 10.2 Å². The second-order valence-corrected chi connectivity index (χ2v) is 7.07. The van der Waals surface area contributed by atoms with E-state index in [0.717, 1.165) is 41.4 Å². The number of aromatic nitrogens is 4. The third kappa shape index (κ3) is 3.60. The van der Waals surface area contributed by atoms with Gasteiger partial charge in [-0.2, -0.15) is 5.10 Å². The number of amides is 1. The lowest BCUT2D eigenvalue weighted by Gasteiger charge is -2.19. The SMILES string of the molecule is Cc1c(CNC(=O)c2cccc(-c3nccnc3N3CCCC3)c2)cnn1C. The highest BCUT2D eigenvalue weighted by atomic mass is 16.1. The van der Waals surface area contributed by atoms with Crippen molar-refractivity contribution in [1.29, 1.82) is 0 Å². The lowest BCUT2D eigenvalue weighted by Crippen LogP contribution is -2.23. The van der Waals surface area contributed by atoms with E-state index in [1.165, 1.54) is 12.8 Å². The molecule has 3 aromatic rings. The number of carbonyl (C=O) groups is 1. The quantitative estimate of drug-likeness (QED) is 0.741. The Labute approximate surface area is 164 Å². The first-order valence-corrected chi connectivity index (χ1v) is 9.55. The molecule has 28 heavy (non-hydrogen) atoms. The Balaban J connectivity index is 1.55. The Kier molecular flexibility index (Phi) is 5.06. The molecule has 0 unspecified atom stereocenters. The molecule has 0 radical (unpaired) electrons. The third-order valence-corrected chi connectivity index (χ3v) is 5.26. The van der Waals surface area contributed by atoms with Gasteiger partial charge in [-0.1, -0.05) is 12.1 Å². The van der Waals surface area contributed by atoms with Gasteiger partial charge >= 0.3 is 0 Å². The van der Waals surface area contributed by atoms with Gasteiger partial charge in [-0.25, -0.2) is 4.98 Å². The molecule has 1 amide bonds. The van der Waals surface area contributed by atoms with E-state index in [0.29, 0.717) is 12.1 Å². The number of anilines is 1. The van der Waals surface area contributed by atoms with Crippen LogP contribution in [-0.2, 0) is 13.6 Å². The number of rotatable bonds is 5. The van der Waals surface area contributed by atoms with E-state index in [1.807, 2.05) is 38.2 Å². The summed E-state index contributed by atoms with van der Waals surface area (Å²) in [5.74, 6) is 0.778. The van der Waals surface area contributed by atoms with Crippen LogP contribution in [0.2, 0.25) is 0 Å². The van der Waals surface area contributed by atoms with Crippen LogP contribution in [0.1, 0.15) is 34.5 Å². The summed E-state index contributed by atoms with van der Waals surface area (Å²) in [7, 11) is 1.89. The van der Waals surface area contributed by atoms with E-state index >= 15 is 0 Å². The molecule has 144 valence electrons. The van der Waals surface area contributed by atoms with Crippen molar-refractivity contribution < 1.29 is 4.79 Å². The van der Waals surface area contributed by atoms with Crippen molar-refractivity contribution in [3.8, 4) is 11.3 Å². The lowest BCUT2D eigenvalue weighted by molar-refractivity contribution is 0.0951. The van der Waals surface area contributed by atoms with Crippen LogP contribution in [0.25, 0.3) is 11.3 Å². The number of benzene rings is 1. The van der Waals surface area contributed by atoms with Crippen LogP contribution in [0, 0.1) is 6.92 Å². The second-order valence-electron chi connectivity index (χ2n) is 7.07. The third-order valence-electron chi connectivity index (χ3n) is 5.26. The van der Waals surface area contributed by atoms with Crippen LogP contribution in [0.15, 0.2) is 42.9 Å². The van der Waals surface area contributed by atoms with Gasteiger partial charge < -0.3 is 10.2 Å². The molecular formula is C21H24N6O. The molecule has 0 saturated carbocycles. The van der Waals surface area contributed by atoms with E-state index in [-0.39, 0.29) is 5.91 Å². The zero-order chi connectivity index (χ0) is 19.5. The number of nitrogens with one attached hydrogen (secondary N) is 1. The largest absolute Gasteiger partial charge is 0.355 e. The molecule has 7 nitrogen and oxygen atoms in total. The van der Waals surface area contributed by atoms with Crippen molar-refractivity contribution in [2.24, 2.45) is 7.05 Å². The molecule has 1 N–H and O–H groups in total. The lowest BCUT2D eigenvalue weighted by atomic mass is 10.1. The summed E-state index contributed by atoms with van der Waals surface area (Å²) < 4.78 is 1.80. The monoisotopic (exact) mass is 376 g/mol. The van der Waals surface area contributed by atoms with Crippen molar-refractivity contribution in [2.75, 3.05) is 18.0 Å². The van der Waals surface area contributed by atoms with Gasteiger partial charge in [0.15, 0.2) is 5.82 Å². The Bertz CT molecular complexity index is 990. The van der Waals surface area contributed by atoms with Crippen molar-refractivity contribution in [2.45, 2.75) is 26.3 Å². The van der Waals surface area contributed by atoms with Crippen LogP contribution in [0.3, 0.4) is 0 Å². The minimum absolute atomic E-state index is 0.114. The predicted octanol–water partition coefficient (Wildman–Crippen LogP) is 2.72. The molecular weight excluding hydrogens is 352 g/mol. The molecule has 0 aliphatic carbocycles. The zero-order valence-electron chi connectivity index (χ0n) is 16.2. The van der Waals surface area contributed by atoms with Crippen molar-refractivity contribution in [1.82, 2.24) is 25.1 Å². The molecule has 2 aromatic heterocycles.